The van der Waals surface area contributed by atoms with E-state index in [9.17, 15) is 13.2 Å². The topological polar surface area (TPSA) is 38.5 Å². The lowest BCUT2D eigenvalue weighted by molar-refractivity contribution is -0.274. The molecule has 2 aliphatic rings. The molecule has 22 heavy (non-hydrogen) atoms. The number of nitrogens with two attached hydrogens (primary N) is 1. The second-order valence-electron chi connectivity index (χ2n) is 6.54. The van der Waals surface area contributed by atoms with Gasteiger partial charge in [0.25, 0.3) is 0 Å². The van der Waals surface area contributed by atoms with Crippen LogP contribution in [-0.2, 0) is 0 Å². The Hall–Kier alpha value is -1.43. The Bertz CT molecular complexity index is 499. The predicted octanol–water partition coefficient (Wildman–Crippen LogP) is 3.54. The third-order valence-corrected chi connectivity index (χ3v) is 5.04. The van der Waals surface area contributed by atoms with Gasteiger partial charge in [-0.2, -0.15) is 0 Å². The number of rotatable bonds is 3. The molecular formula is C16H21F3N2O. The molecule has 1 saturated heterocycles. The molecule has 2 N–H and O–H groups in total. The molecule has 1 aromatic carbocycles. The highest BCUT2D eigenvalue weighted by molar-refractivity contribution is 5.49. The molecule has 1 heterocycles. The van der Waals surface area contributed by atoms with Crippen molar-refractivity contribution in [2.24, 2.45) is 17.1 Å². The average Bonchev–Trinajstić information content (AvgIpc) is 2.44. The van der Waals surface area contributed by atoms with E-state index in [4.69, 9.17) is 5.73 Å². The van der Waals surface area contributed by atoms with Gasteiger partial charge in [0, 0.05) is 18.8 Å². The van der Waals surface area contributed by atoms with Crippen LogP contribution in [0.2, 0.25) is 0 Å². The third-order valence-electron chi connectivity index (χ3n) is 5.04. The Morgan fingerprint density at radius 2 is 1.73 bits per heavy atom. The van der Waals surface area contributed by atoms with Gasteiger partial charge in [0.1, 0.15) is 5.75 Å². The maximum atomic E-state index is 12.1. The summed E-state index contributed by atoms with van der Waals surface area (Å²) in [5.41, 5.74) is 7.13. The van der Waals surface area contributed by atoms with E-state index in [1.165, 1.54) is 25.0 Å². The summed E-state index contributed by atoms with van der Waals surface area (Å²) in [7, 11) is 0. The fourth-order valence-corrected chi connectivity index (χ4v) is 3.84. The lowest BCUT2D eigenvalue weighted by Gasteiger charge is -2.52. The number of alkyl halides is 3. The number of piperidine rings is 1. The molecule has 122 valence electrons. The summed E-state index contributed by atoms with van der Waals surface area (Å²) >= 11 is 0. The van der Waals surface area contributed by atoms with Crippen molar-refractivity contribution in [2.75, 3.05) is 24.5 Å². The standard InChI is InChI=1S/C16H21F3N2O/c17-16(18,19)22-14-3-1-13(2-4-14)21-7-5-15(6-8-21)9-12(10-15)11-20/h1-4,12H,5-11,20H2. The normalized spacial score (nSPS) is 21.7. The molecule has 0 aromatic heterocycles. The van der Waals surface area contributed by atoms with Crippen LogP contribution in [-0.4, -0.2) is 26.0 Å². The predicted molar refractivity (Wildman–Crippen MR) is 78.8 cm³/mol. The molecule has 0 bridgehead atoms. The summed E-state index contributed by atoms with van der Waals surface area (Å²) in [4.78, 5) is 2.23. The van der Waals surface area contributed by atoms with Gasteiger partial charge in [0.2, 0.25) is 0 Å². The lowest BCUT2D eigenvalue weighted by atomic mass is 9.57. The zero-order chi connectivity index (χ0) is 15.8. The van der Waals surface area contributed by atoms with Crippen LogP contribution < -0.4 is 15.4 Å². The molecule has 1 aliphatic carbocycles. The van der Waals surface area contributed by atoms with E-state index in [0.717, 1.165) is 38.2 Å². The average molecular weight is 314 g/mol. The van der Waals surface area contributed by atoms with Gasteiger partial charge in [-0.05, 0) is 67.8 Å². The molecule has 3 rings (SSSR count). The molecule has 1 aromatic rings. The Kier molecular flexibility index (Phi) is 3.97. The van der Waals surface area contributed by atoms with Crippen LogP contribution >= 0.6 is 0 Å². The van der Waals surface area contributed by atoms with Crippen molar-refractivity contribution in [3.8, 4) is 5.75 Å². The van der Waals surface area contributed by atoms with E-state index in [-0.39, 0.29) is 5.75 Å². The van der Waals surface area contributed by atoms with Crippen molar-refractivity contribution in [3.05, 3.63) is 24.3 Å². The summed E-state index contributed by atoms with van der Waals surface area (Å²) in [5.74, 6) is 0.514. The van der Waals surface area contributed by atoms with Gasteiger partial charge in [-0.25, -0.2) is 0 Å². The van der Waals surface area contributed by atoms with E-state index >= 15 is 0 Å². The van der Waals surface area contributed by atoms with Gasteiger partial charge in [0.15, 0.2) is 0 Å². The van der Waals surface area contributed by atoms with Crippen molar-refractivity contribution < 1.29 is 17.9 Å². The number of benzene rings is 1. The number of halogens is 3. The molecule has 1 aliphatic heterocycles. The second kappa shape index (κ2) is 5.65. The van der Waals surface area contributed by atoms with E-state index < -0.39 is 6.36 Å². The van der Waals surface area contributed by atoms with E-state index in [2.05, 4.69) is 9.64 Å². The Balaban J connectivity index is 1.55. The maximum Gasteiger partial charge on any atom is 0.573 e. The molecular weight excluding hydrogens is 293 g/mol. The van der Waals surface area contributed by atoms with Gasteiger partial charge in [0.05, 0.1) is 0 Å². The minimum absolute atomic E-state index is 0.172. The number of ether oxygens (including phenoxy) is 1. The van der Waals surface area contributed by atoms with Crippen LogP contribution in [0, 0.1) is 11.3 Å². The number of hydrogen-bond donors (Lipinski definition) is 1. The van der Waals surface area contributed by atoms with Crippen LogP contribution in [0.3, 0.4) is 0 Å². The monoisotopic (exact) mass is 314 g/mol. The second-order valence-corrected chi connectivity index (χ2v) is 6.54. The summed E-state index contributed by atoms with van der Waals surface area (Å²) in [5, 5.41) is 0. The van der Waals surface area contributed by atoms with Crippen molar-refractivity contribution in [1.29, 1.82) is 0 Å². The fourth-order valence-electron chi connectivity index (χ4n) is 3.84. The molecule has 0 radical (unpaired) electrons. The first-order valence-electron chi connectivity index (χ1n) is 7.70. The van der Waals surface area contributed by atoms with E-state index in [1.807, 2.05) is 0 Å². The fraction of sp³-hybridized carbons (Fsp3) is 0.625. The van der Waals surface area contributed by atoms with Gasteiger partial charge in [-0.3, -0.25) is 0 Å². The molecule has 3 nitrogen and oxygen atoms in total. The minimum atomic E-state index is -4.64. The van der Waals surface area contributed by atoms with Crippen LogP contribution in [0.5, 0.6) is 5.75 Å². The SMILES string of the molecule is NCC1CC2(CCN(c3ccc(OC(F)(F)F)cc3)CC2)C1. The van der Waals surface area contributed by atoms with E-state index in [0.29, 0.717) is 11.3 Å². The molecule has 1 saturated carbocycles. The van der Waals surface area contributed by atoms with Crippen LogP contribution in [0.4, 0.5) is 18.9 Å². The zero-order valence-corrected chi connectivity index (χ0v) is 12.4. The van der Waals surface area contributed by atoms with Crippen molar-refractivity contribution in [1.82, 2.24) is 0 Å². The smallest absolute Gasteiger partial charge is 0.406 e. The Labute approximate surface area is 128 Å². The number of nitrogens with zero attached hydrogens (tertiary/aromatic N) is 1. The van der Waals surface area contributed by atoms with Crippen molar-refractivity contribution >= 4 is 5.69 Å². The quantitative estimate of drug-likeness (QED) is 0.927. The molecule has 0 atom stereocenters. The highest BCUT2D eigenvalue weighted by Crippen LogP contribution is 2.52. The first kappa shape index (κ1) is 15.5. The Morgan fingerprint density at radius 1 is 1.14 bits per heavy atom. The minimum Gasteiger partial charge on any atom is -0.406 e. The molecule has 0 unspecified atom stereocenters. The van der Waals surface area contributed by atoms with E-state index in [1.54, 1.807) is 12.1 Å². The Morgan fingerprint density at radius 3 is 2.23 bits per heavy atom. The van der Waals surface area contributed by atoms with Gasteiger partial charge < -0.3 is 15.4 Å². The summed E-state index contributed by atoms with van der Waals surface area (Å²) in [6.45, 7) is 2.69. The summed E-state index contributed by atoms with van der Waals surface area (Å²) in [6.07, 6.45) is 0.114. The van der Waals surface area contributed by atoms with Gasteiger partial charge >= 0.3 is 6.36 Å². The third kappa shape index (κ3) is 3.32. The zero-order valence-electron chi connectivity index (χ0n) is 12.4. The van der Waals surface area contributed by atoms with Crippen molar-refractivity contribution in [3.63, 3.8) is 0 Å². The molecule has 1 spiro atoms. The highest BCUT2D eigenvalue weighted by Gasteiger charge is 2.44. The first-order valence-corrected chi connectivity index (χ1v) is 7.70. The summed E-state index contributed by atoms with van der Waals surface area (Å²) in [6, 6.07) is 6.15. The molecule has 0 amide bonds. The van der Waals surface area contributed by atoms with Crippen LogP contribution in [0.15, 0.2) is 24.3 Å². The van der Waals surface area contributed by atoms with Gasteiger partial charge in [-0.15, -0.1) is 13.2 Å². The highest BCUT2D eigenvalue weighted by atomic mass is 19.4. The largest absolute Gasteiger partial charge is 0.573 e. The summed E-state index contributed by atoms with van der Waals surface area (Å²) < 4.78 is 40.3. The maximum absolute atomic E-state index is 12.1. The first-order chi connectivity index (χ1) is 10.4. The van der Waals surface area contributed by atoms with Crippen LogP contribution in [0.1, 0.15) is 25.7 Å². The lowest BCUT2D eigenvalue weighted by Crippen LogP contribution is -2.48. The molecule has 2 fully saturated rings. The van der Waals surface area contributed by atoms with Crippen LogP contribution in [0.25, 0.3) is 0 Å². The molecule has 6 heteroatoms. The van der Waals surface area contributed by atoms with Gasteiger partial charge in [-0.1, -0.05) is 0 Å². The number of hydrogen-bond acceptors (Lipinski definition) is 3. The van der Waals surface area contributed by atoms with Crippen molar-refractivity contribution in [2.45, 2.75) is 32.0 Å². The number of anilines is 1.